The number of thioether (sulfide) groups is 1. The zero-order valence-electron chi connectivity index (χ0n) is 11.7. The highest BCUT2D eigenvalue weighted by atomic mass is 32.2. The Morgan fingerprint density at radius 2 is 1.85 bits per heavy atom. The fourth-order valence-corrected chi connectivity index (χ4v) is 2.88. The first-order valence-electron chi connectivity index (χ1n) is 6.89. The van der Waals surface area contributed by atoms with Crippen LogP contribution < -0.4 is 5.32 Å². The summed E-state index contributed by atoms with van der Waals surface area (Å²) >= 11 is 1.86. The normalized spacial score (nSPS) is 10.7. The van der Waals surface area contributed by atoms with Gasteiger partial charge in [-0.1, -0.05) is 24.3 Å². The number of nitrogens with one attached hydrogen (secondary N) is 1. The third kappa shape index (κ3) is 4.99. The average molecular weight is 289 g/mol. The molecule has 0 aromatic heterocycles. The summed E-state index contributed by atoms with van der Waals surface area (Å²) in [5.41, 5.74) is 2.25. The van der Waals surface area contributed by atoms with E-state index in [0.29, 0.717) is 0 Å². The highest BCUT2D eigenvalue weighted by molar-refractivity contribution is 7.99. The van der Waals surface area contributed by atoms with Crippen molar-refractivity contribution in [1.82, 2.24) is 5.32 Å². The lowest BCUT2D eigenvalue weighted by atomic mass is 10.1. The lowest BCUT2D eigenvalue weighted by Crippen LogP contribution is -2.20. The van der Waals surface area contributed by atoms with E-state index < -0.39 is 0 Å². The minimum absolute atomic E-state index is 0.154. The van der Waals surface area contributed by atoms with E-state index in [1.807, 2.05) is 30.8 Å². The van der Waals surface area contributed by atoms with Gasteiger partial charge in [-0.15, -0.1) is 11.8 Å². The summed E-state index contributed by atoms with van der Waals surface area (Å²) in [5.74, 6) is 0.908. The van der Waals surface area contributed by atoms with Crippen LogP contribution in [-0.4, -0.2) is 18.8 Å². The number of hydrogen-bond donors (Lipinski definition) is 1. The first-order valence-corrected chi connectivity index (χ1v) is 7.88. The van der Waals surface area contributed by atoms with Crippen LogP contribution in [0.5, 0.6) is 0 Å². The Morgan fingerprint density at radius 1 is 1.05 bits per heavy atom. The molecular formula is C17H20FNS. The van der Waals surface area contributed by atoms with Crippen LogP contribution in [0.1, 0.15) is 11.1 Å². The minimum Gasteiger partial charge on any atom is -0.316 e. The van der Waals surface area contributed by atoms with Crippen LogP contribution in [0.4, 0.5) is 4.39 Å². The van der Waals surface area contributed by atoms with Gasteiger partial charge in [0.2, 0.25) is 0 Å². The summed E-state index contributed by atoms with van der Waals surface area (Å²) in [4.78, 5) is 1.31. The second kappa shape index (κ2) is 8.08. The van der Waals surface area contributed by atoms with Crippen molar-refractivity contribution in [1.29, 1.82) is 0 Å². The van der Waals surface area contributed by atoms with Crippen LogP contribution in [0.15, 0.2) is 53.4 Å². The molecule has 0 radical (unpaired) electrons. The van der Waals surface area contributed by atoms with Gasteiger partial charge in [0.1, 0.15) is 5.82 Å². The summed E-state index contributed by atoms with van der Waals surface area (Å²) in [6.07, 6.45) is 0.947. The zero-order valence-corrected chi connectivity index (χ0v) is 12.5. The van der Waals surface area contributed by atoms with Gasteiger partial charge in [0.05, 0.1) is 0 Å². The monoisotopic (exact) mass is 289 g/mol. The minimum atomic E-state index is -0.154. The molecule has 106 valence electrons. The van der Waals surface area contributed by atoms with Crippen molar-refractivity contribution in [2.75, 3.05) is 18.8 Å². The molecule has 0 bridgehead atoms. The largest absolute Gasteiger partial charge is 0.316 e. The van der Waals surface area contributed by atoms with E-state index in [1.165, 1.54) is 16.5 Å². The SMILES string of the molecule is Cc1cc(F)ccc1CCNCCSc1ccccc1. The summed E-state index contributed by atoms with van der Waals surface area (Å²) in [6, 6.07) is 15.4. The predicted molar refractivity (Wildman–Crippen MR) is 84.9 cm³/mol. The second-order valence-electron chi connectivity index (χ2n) is 4.73. The van der Waals surface area contributed by atoms with Crippen LogP contribution in [0.3, 0.4) is 0 Å². The Morgan fingerprint density at radius 3 is 2.60 bits per heavy atom. The third-order valence-corrected chi connectivity index (χ3v) is 4.18. The number of halogens is 1. The maximum absolute atomic E-state index is 13.0. The van der Waals surface area contributed by atoms with E-state index in [4.69, 9.17) is 0 Å². The number of hydrogen-bond acceptors (Lipinski definition) is 2. The molecule has 2 aromatic carbocycles. The van der Waals surface area contributed by atoms with Gasteiger partial charge in [0.15, 0.2) is 0 Å². The highest BCUT2D eigenvalue weighted by Gasteiger charge is 1.99. The van der Waals surface area contributed by atoms with Gasteiger partial charge in [-0.05, 0) is 55.3 Å². The molecule has 2 aromatic rings. The van der Waals surface area contributed by atoms with E-state index in [9.17, 15) is 4.39 Å². The van der Waals surface area contributed by atoms with Gasteiger partial charge in [0, 0.05) is 17.2 Å². The van der Waals surface area contributed by atoms with E-state index >= 15 is 0 Å². The summed E-state index contributed by atoms with van der Waals surface area (Å²) in [6.45, 7) is 3.88. The van der Waals surface area contributed by atoms with E-state index in [0.717, 1.165) is 30.8 Å². The van der Waals surface area contributed by atoms with Crippen LogP contribution in [0, 0.1) is 12.7 Å². The van der Waals surface area contributed by atoms with Crippen LogP contribution in [0.2, 0.25) is 0 Å². The fourth-order valence-electron chi connectivity index (χ4n) is 2.05. The zero-order chi connectivity index (χ0) is 14.2. The maximum atomic E-state index is 13.0. The third-order valence-electron chi connectivity index (χ3n) is 3.17. The molecule has 1 nitrogen and oxygen atoms in total. The molecular weight excluding hydrogens is 269 g/mol. The number of benzene rings is 2. The molecule has 0 atom stereocenters. The molecule has 0 heterocycles. The van der Waals surface area contributed by atoms with Gasteiger partial charge < -0.3 is 5.32 Å². The lowest BCUT2D eigenvalue weighted by Gasteiger charge is -2.07. The molecule has 1 N–H and O–H groups in total. The van der Waals surface area contributed by atoms with E-state index in [-0.39, 0.29) is 5.82 Å². The Bertz CT molecular complexity index is 528. The molecule has 0 aliphatic rings. The van der Waals surface area contributed by atoms with E-state index in [1.54, 1.807) is 6.07 Å². The van der Waals surface area contributed by atoms with Crippen molar-refractivity contribution in [3.05, 3.63) is 65.5 Å². The van der Waals surface area contributed by atoms with Crippen molar-refractivity contribution in [3.8, 4) is 0 Å². The molecule has 2 rings (SSSR count). The highest BCUT2D eigenvalue weighted by Crippen LogP contribution is 2.15. The predicted octanol–water partition coefficient (Wildman–Crippen LogP) is 4.06. The second-order valence-corrected chi connectivity index (χ2v) is 5.90. The Kier molecular flexibility index (Phi) is 6.09. The van der Waals surface area contributed by atoms with Crippen LogP contribution >= 0.6 is 11.8 Å². The van der Waals surface area contributed by atoms with Crippen molar-refractivity contribution in [2.45, 2.75) is 18.2 Å². The van der Waals surface area contributed by atoms with Gasteiger partial charge in [-0.3, -0.25) is 0 Å². The molecule has 0 aliphatic carbocycles. The van der Waals surface area contributed by atoms with E-state index in [2.05, 4.69) is 29.6 Å². The molecule has 20 heavy (non-hydrogen) atoms. The average Bonchev–Trinajstić information content (AvgIpc) is 2.46. The van der Waals surface area contributed by atoms with Gasteiger partial charge in [-0.25, -0.2) is 4.39 Å². The summed E-state index contributed by atoms with van der Waals surface area (Å²) < 4.78 is 13.0. The first kappa shape index (κ1) is 15.1. The first-order chi connectivity index (χ1) is 9.75. The Balaban J connectivity index is 1.62. The Hall–Kier alpha value is -1.32. The Labute approximate surface area is 124 Å². The molecule has 0 spiro atoms. The van der Waals surface area contributed by atoms with Crippen LogP contribution in [0.25, 0.3) is 0 Å². The molecule has 0 amide bonds. The topological polar surface area (TPSA) is 12.0 Å². The van der Waals surface area contributed by atoms with Crippen molar-refractivity contribution in [2.24, 2.45) is 0 Å². The molecule has 0 saturated heterocycles. The van der Waals surface area contributed by atoms with Crippen molar-refractivity contribution in [3.63, 3.8) is 0 Å². The maximum Gasteiger partial charge on any atom is 0.123 e. The van der Waals surface area contributed by atoms with Gasteiger partial charge in [-0.2, -0.15) is 0 Å². The summed E-state index contributed by atoms with van der Waals surface area (Å²) in [5, 5.41) is 3.43. The molecule has 0 unspecified atom stereocenters. The summed E-state index contributed by atoms with van der Waals surface area (Å²) in [7, 11) is 0. The van der Waals surface area contributed by atoms with Crippen molar-refractivity contribution < 1.29 is 4.39 Å². The fraction of sp³-hybridized carbons (Fsp3) is 0.294. The van der Waals surface area contributed by atoms with Gasteiger partial charge >= 0.3 is 0 Å². The lowest BCUT2D eigenvalue weighted by molar-refractivity contribution is 0.624. The number of rotatable bonds is 7. The molecule has 0 aliphatic heterocycles. The van der Waals surface area contributed by atoms with Crippen LogP contribution in [-0.2, 0) is 6.42 Å². The molecule has 0 fully saturated rings. The van der Waals surface area contributed by atoms with Gasteiger partial charge in [0.25, 0.3) is 0 Å². The smallest absolute Gasteiger partial charge is 0.123 e. The molecule has 3 heteroatoms. The standard InChI is InChI=1S/C17H20FNS/c1-14-13-16(18)8-7-15(14)9-10-19-11-12-20-17-5-3-2-4-6-17/h2-8,13,19H,9-12H2,1H3. The quantitative estimate of drug-likeness (QED) is 0.609. The molecule has 0 saturated carbocycles. The van der Waals surface area contributed by atoms with Crippen molar-refractivity contribution >= 4 is 11.8 Å². The number of aryl methyl sites for hydroxylation is 1.